The second kappa shape index (κ2) is 4.86. The SMILES string of the molecule is CCc1c(C)nn(-c2ccnc(C(N)=S)c2)c1C. The van der Waals surface area contributed by atoms with Crippen LogP contribution in [-0.2, 0) is 6.42 Å². The number of aromatic nitrogens is 3. The zero-order valence-corrected chi connectivity index (χ0v) is 11.6. The maximum absolute atomic E-state index is 5.60. The zero-order valence-electron chi connectivity index (χ0n) is 10.8. The number of pyridine rings is 1. The Morgan fingerprint density at radius 1 is 1.44 bits per heavy atom. The zero-order chi connectivity index (χ0) is 13.3. The summed E-state index contributed by atoms with van der Waals surface area (Å²) in [6, 6.07) is 3.77. The van der Waals surface area contributed by atoms with Crippen molar-refractivity contribution in [2.75, 3.05) is 0 Å². The van der Waals surface area contributed by atoms with Gasteiger partial charge in [-0.25, -0.2) is 4.68 Å². The average molecular weight is 260 g/mol. The molecule has 5 heteroatoms. The molecule has 0 amide bonds. The van der Waals surface area contributed by atoms with E-state index in [4.69, 9.17) is 18.0 Å². The highest BCUT2D eigenvalue weighted by Gasteiger charge is 2.11. The summed E-state index contributed by atoms with van der Waals surface area (Å²) >= 11 is 4.94. The van der Waals surface area contributed by atoms with E-state index in [1.165, 1.54) is 5.56 Å². The molecule has 4 nitrogen and oxygen atoms in total. The van der Waals surface area contributed by atoms with Crippen LogP contribution < -0.4 is 5.73 Å². The van der Waals surface area contributed by atoms with Crippen LogP contribution in [0.5, 0.6) is 0 Å². The molecule has 18 heavy (non-hydrogen) atoms. The molecule has 94 valence electrons. The smallest absolute Gasteiger partial charge is 0.122 e. The largest absolute Gasteiger partial charge is 0.388 e. The first-order chi connectivity index (χ1) is 8.54. The molecule has 2 rings (SSSR count). The lowest BCUT2D eigenvalue weighted by Gasteiger charge is -2.06. The summed E-state index contributed by atoms with van der Waals surface area (Å²) in [5.41, 5.74) is 10.6. The lowest BCUT2D eigenvalue weighted by molar-refractivity contribution is 0.830. The molecule has 0 aliphatic heterocycles. The van der Waals surface area contributed by atoms with Crippen LogP contribution >= 0.6 is 12.2 Å². The first kappa shape index (κ1) is 12.7. The average Bonchev–Trinajstić information content (AvgIpc) is 2.64. The van der Waals surface area contributed by atoms with Crippen molar-refractivity contribution in [2.24, 2.45) is 5.73 Å². The van der Waals surface area contributed by atoms with E-state index in [2.05, 4.69) is 23.9 Å². The van der Waals surface area contributed by atoms with Gasteiger partial charge < -0.3 is 5.73 Å². The fourth-order valence-corrected chi connectivity index (χ4v) is 2.24. The Kier molecular flexibility index (Phi) is 3.43. The van der Waals surface area contributed by atoms with E-state index in [0.29, 0.717) is 10.7 Å². The monoisotopic (exact) mass is 260 g/mol. The summed E-state index contributed by atoms with van der Waals surface area (Å²) in [5.74, 6) is 0. The van der Waals surface area contributed by atoms with E-state index in [0.717, 1.165) is 23.5 Å². The Labute approximate surface area is 112 Å². The summed E-state index contributed by atoms with van der Waals surface area (Å²) in [7, 11) is 0. The molecule has 0 aromatic carbocycles. The Morgan fingerprint density at radius 3 is 2.72 bits per heavy atom. The second-order valence-electron chi connectivity index (χ2n) is 4.18. The quantitative estimate of drug-likeness (QED) is 0.858. The normalized spacial score (nSPS) is 10.6. The van der Waals surface area contributed by atoms with Crippen LogP contribution in [0.3, 0.4) is 0 Å². The summed E-state index contributed by atoms with van der Waals surface area (Å²) < 4.78 is 1.91. The van der Waals surface area contributed by atoms with Gasteiger partial charge in [-0.05, 0) is 38.0 Å². The van der Waals surface area contributed by atoms with Gasteiger partial charge in [0, 0.05) is 11.9 Å². The summed E-state index contributed by atoms with van der Waals surface area (Å²) in [6.45, 7) is 6.23. The number of thiocarbonyl (C=S) groups is 1. The van der Waals surface area contributed by atoms with Gasteiger partial charge in [-0.2, -0.15) is 5.10 Å². The first-order valence-electron chi connectivity index (χ1n) is 5.86. The molecule has 0 unspecified atom stereocenters. The van der Waals surface area contributed by atoms with Crippen molar-refractivity contribution in [1.29, 1.82) is 0 Å². The molecule has 0 spiro atoms. The number of aryl methyl sites for hydroxylation is 1. The molecule has 0 saturated carbocycles. The number of rotatable bonds is 3. The molecule has 2 aromatic rings. The van der Waals surface area contributed by atoms with Crippen LogP contribution in [0, 0.1) is 13.8 Å². The molecule has 0 aliphatic carbocycles. The molecule has 2 N–H and O–H groups in total. The van der Waals surface area contributed by atoms with Crippen LogP contribution in [0.2, 0.25) is 0 Å². The molecule has 2 aromatic heterocycles. The predicted octanol–water partition coefficient (Wildman–Crippen LogP) is 2.08. The van der Waals surface area contributed by atoms with Gasteiger partial charge in [0.1, 0.15) is 4.99 Å². The third-order valence-electron chi connectivity index (χ3n) is 3.04. The fraction of sp³-hybridized carbons (Fsp3) is 0.308. The minimum atomic E-state index is 0.300. The van der Waals surface area contributed by atoms with Crippen molar-refractivity contribution in [3.63, 3.8) is 0 Å². The van der Waals surface area contributed by atoms with Gasteiger partial charge in [0.05, 0.1) is 17.1 Å². The van der Waals surface area contributed by atoms with Crippen LogP contribution in [0.1, 0.15) is 29.6 Å². The van der Waals surface area contributed by atoms with Gasteiger partial charge in [0.25, 0.3) is 0 Å². The van der Waals surface area contributed by atoms with Gasteiger partial charge in [-0.3, -0.25) is 4.98 Å². The van der Waals surface area contributed by atoms with E-state index in [-0.39, 0.29) is 0 Å². The Hall–Kier alpha value is -1.75. The van der Waals surface area contributed by atoms with E-state index < -0.39 is 0 Å². The van der Waals surface area contributed by atoms with Crippen molar-refractivity contribution in [3.05, 3.63) is 41.0 Å². The third-order valence-corrected chi connectivity index (χ3v) is 3.24. The Morgan fingerprint density at radius 2 is 2.17 bits per heavy atom. The molecule has 0 bridgehead atoms. The minimum absolute atomic E-state index is 0.300. The maximum Gasteiger partial charge on any atom is 0.122 e. The minimum Gasteiger partial charge on any atom is -0.388 e. The first-order valence-corrected chi connectivity index (χ1v) is 6.26. The van der Waals surface area contributed by atoms with Crippen LogP contribution in [0.4, 0.5) is 0 Å². The highest BCUT2D eigenvalue weighted by atomic mass is 32.1. The standard InChI is InChI=1S/C13H16N4S/c1-4-11-8(2)16-17(9(11)3)10-5-6-15-12(7-10)13(14)18/h5-7H,4H2,1-3H3,(H2,14,18). The van der Waals surface area contributed by atoms with Crippen molar-refractivity contribution in [2.45, 2.75) is 27.2 Å². The van der Waals surface area contributed by atoms with Gasteiger partial charge in [-0.15, -0.1) is 0 Å². The molecule has 0 radical (unpaired) electrons. The highest BCUT2D eigenvalue weighted by molar-refractivity contribution is 7.80. The van der Waals surface area contributed by atoms with Crippen molar-refractivity contribution in [3.8, 4) is 5.69 Å². The predicted molar refractivity (Wildman–Crippen MR) is 76.1 cm³/mol. The maximum atomic E-state index is 5.60. The van der Waals surface area contributed by atoms with Gasteiger partial charge in [0.2, 0.25) is 0 Å². The lowest BCUT2D eigenvalue weighted by atomic mass is 10.1. The van der Waals surface area contributed by atoms with Crippen LogP contribution in [0.15, 0.2) is 18.3 Å². The van der Waals surface area contributed by atoms with E-state index in [1.54, 1.807) is 6.20 Å². The summed E-state index contributed by atoms with van der Waals surface area (Å²) in [6.07, 6.45) is 2.68. The van der Waals surface area contributed by atoms with Gasteiger partial charge >= 0.3 is 0 Å². The van der Waals surface area contributed by atoms with Gasteiger partial charge in [-0.1, -0.05) is 19.1 Å². The van der Waals surface area contributed by atoms with Crippen molar-refractivity contribution >= 4 is 17.2 Å². The lowest BCUT2D eigenvalue weighted by Crippen LogP contribution is -2.12. The van der Waals surface area contributed by atoms with Crippen molar-refractivity contribution < 1.29 is 0 Å². The number of nitrogens with zero attached hydrogens (tertiary/aromatic N) is 3. The van der Waals surface area contributed by atoms with Crippen LogP contribution in [-0.4, -0.2) is 19.8 Å². The highest BCUT2D eigenvalue weighted by Crippen LogP contribution is 2.18. The molecule has 0 aliphatic rings. The van der Waals surface area contributed by atoms with Gasteiger partial charge in [0.15, 0.2) is 0 Å². The molecular formula is C13H16N4S. The van der Waals surface area contributed by atoms with Crippen molar-refractivity contribution in [1.82, 2.24) is 14.8 Å². The molecular weight excluding hydrogens is 244 g/mol. The fourth-order valence-electron chi connectivity index (χ4n) is 2.12. The number of hydrogen-bond acceptors (Lipinski definition) is 3. The summed E-state index contributed by atoms with van der Waals surface area (Å²) in [4.78, 5) is 4.44. The molecule has 0 saturated heterocycles. The van der Waals surface area contributed by atoms with E-state index in [9.17, 15) is 0 Å². The molecule has 0 fully saturated rings. The van der Waals surface area contributed by atoms with E-state index >= 15 is 0 Å². The number of hydrogen-bond donors (Lipinski definition) is 1. The third kappa shape index (κ3) is 2.13. The topological polar surface area (TPSA) is 56.7 Å². The summed E-state index contributed by atoms with van der Waals surface area (Å²) in [5, 5.41) is 4.56. The van der Waals surface area contributed by atoms with Crippen LogP contribution in [0.25, 0.3) is 5.69 Å². The molecule has 0 atom stereocenters. The van der Waals surface area contributed by atoms with E-state index in [1.807, 2.05) is 23.7 Å². The Balaban J connectivity index is 2.55. The Bertz CT molecular complexity index is 601. The second-order valence-corrected chi connectivity index (χ2v) is 4.62. The number of nitrogens with two attached hydrogens (primary N) is 1. The molecule has 2 heterocycles.